The highest BCUT2D eigenvalue weighted by molar-refractivity contribution is 5.71. The minimum absolute atomic E-state index is 0.226. The van der Waals surface area contributed by atoms with Crippen LogP contribution in [0, 0.1) is 18.8 Å². The van der Waals surface area contributed by atoms with Crippen LogP contribution in [-0.4, -0.2) is 38.8 Å². The van der Waals surface area contributed by atoms with Crippen molar-refractivity contribution in [2.75, 3.05) is 13.1 Å². The smallest absolute Gasteiger partial charge is 0.308 e. The highest BCUT2D eigenvalue weighted by atomic mass is 16.4. The number of aliphatic carboxylic acids is 1. The van der Waals surface area contributed by atoms with Crippen molar-refractivity contribution in [1.82, 2.24) is 14.7 Å². The molecule has 1 fully saturated rings. The Morgan fingerprint density at radius 3 is 2.76 bits per heavy atom. The predicted molar refractivity (Wildman–Crippen MR) is 63.5 cm³/mol. The normalized spacial score (nSPS) is 25.4. The lowest BCUT2D eigenvalue weighted by atomic mass is 9.99. The number of rotatable bonds is 3. The number of hydrogen-bond acceptors (Lipinski definition) is 3. The fourth-order valence-electron chi connectivity index (χ4n) is 2.46. The van der Waals surface area contributed by atoms with E-state index in [1.54, 1.807) is 0 Å². The molecule has 0 aromatic carbocycles. The Labute approximate surface area is 101 Å². The van der Waals surface area contributed by atoms with Crippen LogP contribution in [-0.2, 0) is 18.4 Å². The Balaban J connectivity index is 2.02. The number of carboxylic acids is 1. The maximum atomic E-state index is 11.0. The molecule has 0 bridgehead atoms. The molecule has 0 saturated carbocycles. The summed E-state index contributed by atoms with van der Waals surface area (Å²) in [6, 6.07) is 0. The molecule has 0 spiro atoms. The van der Waals surface area contributed by atoms with Crippen molar-refractivity contribution < 1.29 is 9.90 Å². The first-order valence-corrected chi connectivity index (χ1v) is 5.91. The summed E-state index contributed by atoms with van der Waals surface area (Å²) in [4.78, 5) is 13.2. The number of hydrogen-bond donors (Lipinski definition) is 1. The van der Waals surface area contributed by atoms with E-state index < -0.39 is 5.97 Å². The molecule has 5 heteroatoms. The van der Waals surface area contributed by atoms with Crippen LogP contribution in [0.15, 0.2) is 6.20 Å². The SMILES string of the molecule is Cc1c(CN2CC(C)C(C(=O)O)C2)cnn1C. The Bertz CT molecular complexity index is 427. The molecule has 0 amide bonds. The van der Waals surface area contributed by atoms with Crippen molar-refractivity contribution >= 4 is 5.97 Å². The van der Waals surface area contributed by atoms with Gasteiger partial charge in [-0.3, -0.25) is 14.4 Å². The second kappa shape index (κ2) is 4.49. The van der Waals surface area contributed by atoms with E-state index in [0.29, 0.717) is 6.54 Å². The third-order valence-electron chi connectivity index (χ3n) is 3.74. The van der Waals surface area contributed by atoms with Crippen molar-refractivity contribution in [2.24, 2.45) is 18.9 Å². The Kier molecular flexibility index (Phi) is 3.19. The Morgan fingerprint density at radius 1 is 1.59 bits per heavy atom. The number of carbonyl (C=O) groups is 1. The van der Waals surface area contributed by atoms with Gasteiger partial charge in [0.2, 0.25) is 0 Å². The zero-order valence-electron chi connectivity index (χ0n) is 10.6. The van der Waals surface area contributed by atoms with Crippen LogP contribution in [0.1, 0.15) is 18.2 Å². The lowest BCUT2D eigenvalue weighted by Crippen LogP contribution is -2.23. The van der Waals surface area contributed by atoms with Gasteiger partial charge < -0.3 is 5.11 Å². The third-order valence-corrected chi connectivity index (χ3v) is 3.74. The molecule has 2 heterocycles. The maximum absolute atomic E-state index is 11.0. The van der Waals surface area contributed by atoms with Crippen LogP contribution in [0.3, 0.4) is 0 Å². The van der Waals surface area contributed by atoms with Gasteiger partial charge in [0.05, 0.1) is 12.1 Å². The molecular formula is C12H19N3O2. The third kappa shape index (κ3) is 2.34. The molecule has 17 heavy (non-hydrogen) atoms. The molecule has 1 aliphatic heterocycles. The van der Waals surface area contributed by atoms with Gasteiger partial charge in [0.25, 0.3) is 0 Å². The number of aromatic nitrogens is 2. The van der Waals surface area contributed by atoms with Crippen molar-refractivity contribution in [3.63, 3.8) is 0 Å². The summed E-state index contributed by atoms with van der Waals surface area (Å²) in [6.07, 6.45) is 1.87. The van der Waals surface area contributed by atoms with Crippen LogP contribution in [0.5, 0.6) is 0 Å². The quantitative estimate of drug-likeness (QED) is 0.848. The summed E-state index contributed by atoms with van der Waals surface area (Å²) in [5.41, 5.74) is 2.34. The molecule has 1 aromatic rings. The van der Waals surface area contributed by atoms with Gasteiger partial charge in [-0.1, -0.05) is 6.92 Å². The average Bonchev–Trinajstić information content (AvgIpc) is 2.76. The predicted octanol–water partition coefficient (Wildman–Crippen LogP) is 0.881. The van der Waals surface area contributed by atoms with Gasteiger partial charge in [-0.2, -0.15) is 5.10 Å². The monoisotopic (exact) mass is 237 g/mol. The van der Waals surface area contributed by atoms with E-state index in [4.69, 9.17) is 5.11 Å². The highest BCUT2D eigenvalue weighted by Crippen LogP contribution is 2.25. The zero-order chi connectivity index (χ0) is 12.6. The van der Waals surface area contributed by atoms with Crippen LogP contribution in [0.4, 0.5) is 0 Å². The van der Waals surface area contributed by atoms with E-state index in [1.165, 1.54) is 5.56 Å². The Morgan fingerprint density at radius 2 is 2.29 bits per heavy atom. The minimum Gasteiger partial charge on any atom is -0.481 e. The molecule has 0 aliphatic carbocycles. The molecule has 2 rings (SSSR count). The van der Waals surface area contributed by atoms with Gasteiger partial charge in [-0.25, -0.2) is 0 Å². The summed E-state index contributed by atoms with van der Waals surface area (Å²) in [6.45, 7) is 6.34. The molecular weight excluding hydrogens is 218 g/mol. The second-order valence-corrected chi connectivity index (χ2v) is 4.99. The van der Waals surface area contributed by atoms with Crippen LogP contribution >= 0.6 is 0 Å². The largest absolute Gasteiger partial charge is 0.481 e. The zero-order valence-corrected chi connectivity index (χ0v) is 10.6. The van der Waals surface area contributed by atoms with Crippen molar-refractivity contribution in [3.8, 4) is 0 Å². The number of likely N-dealkylation sites (tertiary alicyclic amines) is 1. The first-order valence-electron chi connectivity index (χ1n) is 5.91. The van der Waals surface area contributed by atoms with Crippen molar-refractivity contribution in [3.05, 3.63) is 17.5 Å². The molecule has 0 radical (unpaired) electrons. The van der Waals surface area contributed by atoms with Gasteiger partial charge in [-0.15, -0.1) is 0 Å². The summed E-state index contributed by atoms with van der Waals surface area (Å²) in [5, 5.41) is 13.3. The average molecular weight is 237 g/mol. The summed E-state index contributed by atoms with van der Waals surface area (Å²) >= 11 is 0. The van der Waals surface area contributed by atoms with E-state index in [9.17, 15) is 4.79 Å². The van der Waals surface area contributed by atoms with Gasteiger partial charge in [-0.05, 0) is 12.8 Å². The summed E-state index contributed by atoms with van der Waals surface area (Å²) in [5.74, 6) is -0.681. The molecule has 2 atom stereocenters. The molecule has 2 unspecified atom stereocenters. The van der Waals surface area contributed by atoms with E-state index in [-0.39, 0.29) is 11.8 Å². The molecule has 94 valence electrons. The maximum Gasteiger partial charge on any atom is 0.308 e. The standard InChI is InChI=1S/C12H19N3O2/c1-8-5-15(7-11(8)12(16)17)6-10-4-13-14(3)9(10)2/h4,8,11H,5-7H2,1-3H3,(H,16,17). The molecule has 1 saturated heterocycles. The fourth-order valence-corrected chi connectivity index (χ4v) is 2.46. The second-order valence-electron chi connectivity index (χ2n) is 4.99. The lowest BCUT2D eigenvalue weighted by Gasteiger charge is -2.14. The van der Waals surface area contributed by atoms with Gasteiger partial charge in [0.1, 0.15) is 0 Å². The molecule has 1 aromatic heterocycles. The van der Waals surface area contributed by atoms with Gasteiger partial charge in [0.15, 0.2) is 0 Å². The topological polar surface area (TPSA) is 58.4 Å². The van der Waals surface area contributed by atoms with Gasteiger partial charge >= 0.3 is 5.97 Å². The fraction of sp³-hybridized carbons (Fsp3) is 0.667. The summed E-state index contributed by atoms with van der Waals surface area (Å²) in [7, 11) is 1.92. The summed E-state index contributed by atoms with van der Waals surface area (Å²) < 4.78 is 1.85. The van der Waals surface area contributed by atoms with Crippen LogP contribution in [0.25, 0.3) is 0 Å². The number of nitrogens with zero attached hydrogens (tertiary/aromatic N) is 3. The number of carboxylic acid groups (broad SMARTS) is 1. The van der Waals surface area contributed by atoms with E-state index in [2.05, 4.69) is 10.00 Å². The molecule has 1 N–H and O–H groups in total. The molecule has 1 aliphatic rings. The lowest BCUT2D eigenvalue weighted by molar-refractivity contribution is -0.142. The Hall–Kier alpha value is -1.36. The highest BCUT2D eigenvalue weighted by Gasteiger charge is 2.34. The first-order chi connectivity index (χ1) is 7.99. The minimum atomic E-state index is -0.678. The van der Waals surface area contributed by atoms with E-state index >= 15 is 0 Å². The first kappa shape index (κ1) is 12.1. The van der Waals surface area contributed by atoms with Crippen LogP contribution < -0.4 is 0 Å². The molecule has 5 nitrogen and oxygen atoms in total. The number of aryl methyl sites for hydroxylation is 1. The van der Waals surface area contributed by atoms with E-state index in [1.807, 2.05) is 31.8 Å². The van der Waals surface area contributed by atoms with Crippen molar-refractivity contribution in [1.29, 1.82) is 0 Å². The van der Waals surface area contributed by atoms with E-state index in [0.717, 1.165) is 18.8 Å². The van der Waals surface area contributed by atoms with Gasteiger partial charge in [0, 0.05) is 37.9 Å². The van der Waals surface area contributed by atoms with Crippen LogP contribution in [0.2, 0.25) is 0 Å². The van der Waals surface area contributed by atoms with Crippen molar-refractivity contribution in [2.45, 2.75) is 20.4 Å².